The monoisotopic (exact) mass is 492 g/mol. The van der Waals surface area contributed by atoms with Gasteiger partial charge < -0.3 is 10.1 Å². The third-order valence-corrected chi connectivity index (χ3v) is 6.03. The quantitative estimate of drug-likeness (QED) is 0.239. The molecule has 1 N–H and O–H groups in total. The Morgan fingerprint density at radius 1 is 0.730 bits per heavy atom. The second kappa shape index (κ2) is 9.87. The molecule has 0 bridgehead atoms. The lowest BCUT2D eigenvalue weighted by Gasteiger charge is -2.14. The van der Waals surface area contributed by atoms with Crippen molar-refractivity contribution in [2.75, 3.05) is 18.1 Å². The first kappa shape index (κ1) is 23.6. The summed E-state index contributed by atoms with van der Waals surface area (Å²) in [6.45, 7) is -0.875. The number of hydrogen-bond acceptors (Lipinski definition) is 6. The van der Waals surface area contributed by atoms with Crippen molar-refractivity contribution in [1.82, 2.24) is 5.32 Å². The standard InChI is InChI=1S/C29H20N2O6/c32-25(22-11-5-7-18-6-1-2-8-21(18)22)17-37-26(33)16-30-27(34)19-12-14-20(15-13-19)31-28(35)23-9-3-4-10-24(23)29(31)36/h1-15H,16-17H2,(H,30,34). The summed E-state index contributed by atoms with van der Waals surface area (Å²) < 4.78 is 5.05. The molecule has 3 amide bonds. The number of carbonyl (C=O) groups is 5. The van der Waals surface area contributed by atoms with E-state index >= 15 is 0 Å². The van der Waals surface area contributed by atoms with Gasteiger partial charge in [-0.25, -0.2) is 4.90 Å². The molecule has 8 heteroatoms. The van der Waals surface area contributed by atoms with E-state index in [4.69, 9.17) is 4.74 Å². The molecular formula is C29H20N2O6. The van der Waals surface area contributed by atoms with Gasteiger partial charge in [-0.2, -0.15) is 0 Å². The van der Waals surface area contributed by atoms with E-state index in [2.05, 4.69) is 5.32 Å². The fourth-order valence-corrected chi connectivity index (χ4v) is 4.18. The fraction of sp³-hybridized carbons (Fsp3) is 0.0690. The van der Waals surface area contributed by atoms with Crippen LogP contribution in [0, 0.1) is 0 Å². The van der Waals surface area contributed by atoms with Gasteiger partial charge in [0.25, 0.3) is 17.7 Å². The molecule has 1 heterocycles. The first-order chi connectivity index (χ1) is 17.9. The summed E-state index contributed by atoms with van der Waals surface area (Å²) in [7, 11) is 0. The molecule has 0 radical (unpaired) electrons. The van der Waals surface area contributed by atoms with E-state index < -0.39 is 36.8 Å². The molecule has 8 nitrogen and oxygen atoms in total. The van der Waals surface area contributed by atoms with Crippen molar-refractivity contribution in [3.8, 4) is 0 Å². The zero-order valence-electron chi connectivity index (χ0n) is 19.5. The Balaban J connectivity index is 1.15. The van der Waals surface area contributed by atoms with Crippen molar-refractivity contribution >= 4 is 45.9 Å². The van der Waals surface area contributed by atoms with Crippen LogP contribution < -0.4 is 10.2 Å². The predicted molar refractivity (Wildman–Crippen MR) is 136 cm³/mol. The summed E-state index contributed by atoms with van der Waals surface area (Å²) in [4.78, 5) is 63.4. The Hall–Kier alpha value is -5.11. The second-order valence-corrected chi connectivity index (χ2v) is 8.33. The molecule has 0 saturated carbocycles. The normalized spacial score (nSPS) is 12.4. The minimum atomic E-state index is -0.760. The van der Waals surface area contributed by atoms with Gasteiger partial charge in [-0.15, -0.1) is 0 Å². The predicted octanol–water partition coefficient (Wildman–Crippen LogP) is 3.80. The molecule has 0 atom stereocenters. The number of amides is 3. The number of ketones is 1. The van der Waals surface area contributed by atoms with E-state index in [1.54, 1.807) is 36.4 Å². The first-order valence-corrected chi connectivity index (χ1v) is 11.5. The van der Waals surface area contributed by atoms with Crippen molar-refractivity contribution in [1.29, 1.82) is 0 Å². The Bertz CT molecular complexity index is 1530. The topological polar surface area (TPSA) is 110 Å². The van der Waals surface area contributed by atoms with Crippen LogP contribution in [-0.4, -0.2) is 42.6 Å². The molecule has 1 aliphatic heterocycles. The van der Waals surface area contributed by atoms with E-state index in [1.807, 2.05) is 30.3 Å². The van der Waals surface area contributed by atoms with E-state index in [0.717, 1.165) is 15.7 Å². The van der Waals surface area contributed by atoms with E-state index in [1.165, 1.54) is 24.3 Å². The highest BCUT2D eigenvalue weighted by Crippen LogP contribution is 2.28. The summed E-state index contributed by atoms with van der Waals surface area (Å²) in [5, 5.41) is 4.11. The Labute approximate surface area is 211 Å². The van der Waals surface area contributed by atoms with Crippen molar-refractivity contribution in [3.05, 3.63) is 113 Å². The molecule has 0 aromatic heterocycles. The van der Waals surface area contributed by atoms with Crippen molar-refractivity contribution in [3.63, 3.8) is 0 Å². The lowest BCUT2D eigenvalue weighted by Crippen LogP contribution is -2.32. The molecule has 0 saturated heterocycles. The van der Waals surface area contributed by atoms with Crippen LogP contribution in [0.15, 0.2) is 91.0 Å². The molecule has 182 valence electrons. The number of esters is 1. The van der Waals surface area contributed by atoms with Crippen LogP contribution in [0.4, 0.5) is 5.69 Å². The van der Waals surface area contributed by atoms with Gasteiger partial charge in [-0.05, 0) is 47.2 Å². The number of nitrogens with zero attached hydrogens (tertiary/aromatic N) is 1. The maximum Gasteiger partial charge on any atom is 0.325 e. The molecule has 4 aromatic carbocycles. The van der Waals surface area contributed by atoms with Crippen LogP contribution in [0.5, 0.6) is 0 Å². The minimum Gasteiger partial charge on any atom is -0.456 e. The summed E-state index contributed by atoms with van der Waals surface area (Å²) in [6, 6.07) is 25.1. The van der Waals surface area contributed by atoms with Gasteiger partial charge in [-0.1, -0.05) is 54.6 Å². The Morgan fingerprint density at radius 3 is 2.05 bits per heavy atom. The van der Waals surface area contributed by atoms with Crippen LogP contribution >= 0.6 is 0 Å². The van der Waals surface area contributed by atoms with Crippen molar-refractivity contribution < 1.29 is 28.7 Å². The van der Waals surface area contributed by atoms with Gasteiger partial charge in [0.1, 0.15) is 6.54 Å². The van der Waals surface area contributed by atoms with Crippen LogP contribution in [0.3, 0.4) is 0 Å². The number of carbonyl (C=O) groups excluding carboxylic acids is 5. The molecule has 4 aromatic rings. The minimum absolute atomic E-state index is 0.222. The van der Waals surface area contributed by atoms with Gasteiger partial charge in [0, 0.05) is 11.1 Å². The van der Waals surface area contributed by atoms with Crippen LogP contribution in [0.2, 0.25) is 0 Å². The van der Waals surface area contributed by atoms with Gasteiger partial charge in [-0.3, -0.25) is 24.0 Å². The second-order valence-electron chi connectivity index (χ2n) is 8.33. The van der Waals surface area contributed by atoms with E-state index in [-0.39, 0.29) is 11.3 Å². The van der Waals surface area contributed by atoms with Gasteiger partial charge in [0.05, 0.1) is 16.8 Å². The zero-order chi connectivity index (χ0) is 25.9. The molecule has 0 fully saturated rings. The number of benzene rings is 4. The lowest BCUT2D eigenvalue weighted by molar-refractivity contribution is -0.141. The van der Waals surface area contributed by atoms with Crippen LogP contribution in [0.25, 0.3) is 10.8 Å². The number of Topliss-reactive ketones (excluding diaryl/α,β-unsaturated/α-hetero) is 1. The molecule has 5 rings (SSSR count). The molecular weight excluding hydrogens is 472 g/mol. The number of ether oxygens (including phenoxy) is 1. The van der Waals surface area contributed by atoms with Gasteiger partial charge in [0.15, 0.2) is 6.61 Å². The van der Waals surface area contributed by atoms with E-state index in [0.29, 0.717) is 22.4 Å². The number of rotatable bonds is 7. The molecule has 37 heavy (non-hydrogen) atoms. The SMILES string of the molecule is O=C(CNC(=O)c1ccc(N2C(=O)c3ccccc3C2=O)cc1)OCC(=O)c1cccc2ccccc12. The van der Waals surface area contributed by atoms with Gasteiger partial charge >= 0.3 is 5.97 Å². The van der Waals surface area contributed by atoms with Crippen LogP contribution in [0.1, 0.15) is 41.4 Å². The highest BCUT2D eigenvalue weighted by molar-refractivity contribution is 6.34. The average molecular weight is 492 g/mol. The number of imide groups is 1. The lowest BCUT2D eigenvalue weighted by atomic mass is 10.0. The Morgan fingerprint density at radius 2 is 1.35 bits per heavy atom. The fourth-order valence-electron chi connectivity index (χ4n) is 4.18. The third-order valence-electron chi connectivity index (χ3n) is 6.03. The highest BCUT2D eigenvalue weighted by Gasteiger charge is 2.36. The largest absolute Gasteiger partial charge is 0.456 e. The number of nitrogens with one attached hydrogen (secondary N) is 1. The average Bonchev–Trinajstić information content (AvgIpc) is 3.19. The summed E-state index contributed by atoms with van der Waals surface area (Å²) in [6.07, 6.45) is 0. The maximum atomic E-state index is 12.6. The number of hydrogen-bond donors (Lipinski definition) is 1. The van der Waals surface area contributed by atoms with Crippen molar-refractivity contribution in [2.45, 2.75) is 0 Å². The Kier molecular flexibility index (Phi) is 6.30. The molecule has 1 aliphatic rings. The maximum absolute atomic E-state index is 12.6. The zero-order valence-corrected chi connectivity index (χ0v) is 19.5. The van der Waals surface area contributed by atoms with Crippen LogP contribution in [-0.2, 0) is 9.53 Å². The first-order valence-electron chi connectivity index (χ1n) is 11.5. The summed E-state index contributed by atoms with van der Waals surface area (Å²) >= 11 is 0. The smallest absolute Gasteiger partial charge is 0.325 e. The number of anilines is 1. The molecule has 0 aliphatic carbocycles. The highest BCUT2D eigenvalue weighted by atomic mass is 16.5. The third kappa shape index (κ3) is 4.60. The van der Waals surface area contributed by atoms with Gasteiger partial charge in [0.2, 0.25) is 5.78 Å². The summed E-state index contributed by atoms with van der Waals surface area (Å²) in [5.41, 5.74) is 1.65. The number of fused-ring (bicyclic) bond motifs is 2. The van der Waals surface area contributed by atoms with Crippen molar-refractivity contribution in [2.24, 2.45) is 0 Å². The molecule has 0 unspecified atom stereocenters. The molecule has 0 spiro atoms. The summed E-state index contributed by atoms with van der Waals surface area (Å²) in [5.74, 6) is -2.52. The van der Waals surface area contributed by atoms with E-state index in [9.17, 15) is 24.0 Å².